The van der Waals surface area contributed by atoms with Crippen LogP contribution in [0.2, 0.25) is 0 Å². The second-order valence-electron chi connectivity index (χ2n) is 5.03. The number of hydrogen-bond acceptors (Lipinski definition) is 8. The number of hydrogen-bond donors (Lipinski definition) is 2. The van der Waals surface area contributed by atoms with Crippen LogP contribution in [0.3, 0.4) is 0 Å². The highest BCUT2D eigenvalue weighted by atomic mass is 16.5. The first kappa shape index (κ1) is 20.1. The van der Waals surface area contributed by atoms with E-state index in [0.29, 0.717) is 29.4 Å². The van der Waals surface area contributed by atoms with Crippen LogP contribution in [0.15, 0.2) is 12.1 Å². The summed E-state index contributed by atoms with van der Waals surface area (Å²) in [6.07, 6.45) is 0. The van der Waals surface area contributed by atoms with Gasteiger partial charge in [0.2, 0.25) is 5.91 Å². The van der Waals surface area contributed by atoms with Gasteiger partial charge >= 0.3 is 11.9 Å². The standard InChI is InChI=1S/C16H23N3O6/c1-5-25-14-6-11(17)12(18-10(2)20)7-13(14)19(8-15(21)23-3)9-16(22)24-4/h6-7H,5,8-9,17H2,1-4H3,(H,18,20). The van der Waals surface area contributed by atoms with Crippen LogP contribution in [-0.2, 0) is 23.9 Å². The van der Waals surface area contributed by atoms with Crippen molar-refractivity contribution >= 4 is 34.9 Å². The molecule has 1 aromatic carbocycles. The number of carbonyl (C=O) groups excluding carboxylic acids is 3. The molecule has 0 unspecified atom stereocenters. The third-order valence-corrected chi connectivity index (χ3v) is 3.18. The van der Waals surface area contributed by atoms with Gasteiger partial charge in [-0.3, -0.25) is 14.4 Å². The molecule has 0 atom stereocenters. The predicted molar refractivity (Wildman–Crippen MR) is 92.6 cm³/mol. The topological polar surface area (TPSA) is 120 Å². The number of esters is 2. The van der Waals surface area contributed by atoms with Crippen molar-refractivity contribution < 1.29 is 28.6 Å². The Balaban J connectivity index is 3.37. The fourth-order valence-electron chi connectivity index (χ4n) is 2.07. The van der Waals surface area contributed by atoms with E-state index in [-0.39, 0.29) is 19.0 Å². The lowest BCUT2D eigenvalue weighted by molar-refractivity contribution is -0.140. The summed E-state index contributed by atoms with van der Waals surface area (Å²) in [5, 5.41) is 2.59. The first-order chi connectivity index (χ1) is 11.8. The summed E-state index contributed by atoms with van der Waals surface area (Å²) in [6, 6.07) is 3.05. The van der Waals surface area contributed by atoms with Crippen LogP contribution in [0.5, 0.6) is 5.75 Å². The molecule has 0 spiro atoms. The first-order valence-corrected chi connectivity index (χ1v) is 7.54. The van der Waals surface area contributed by atoms with Crippen molar-refractivity contribution in [1.29, 1.82) is 0 Å². The summed E-state index contributed by atoms with van der Waals surface area (Å²) in [5.74, 6) is -1.05. The van der Waals surface area contributed by atoms with E-state index in [1.807, 2.05) is 0 Å². The minimum Gasteiger partial charge on any atom is -0.492 e. The van der Waals surface area contributed by atoms with Gasteiger partial charge in [0, 0.05) is 13.0 Å². The molecule has 1 rings (SSSR count). The number of ether oxygens (including phenoxy) is 3. The van der Waals surface area contributed by atoms with Crippen LogP contribution in [0.25, 0.3) is 0 Å². The lowest BCUT2D eigenvalue weighted by Gasteiger charge is -2.25. The van der Waals surface area contributed by atoms with Gasteiger partial charge in [0.1, 0.15) is 18.8 Å². The van der Waals surface area contributed by atoms with E-state index < -0.39 is 11.9 Å². The molecule has 25 heavy (non-hydrogen) atoms. The highest BCUT2D eigenvalue weighted by Crippen LogP contribution is 2.36. The Morgan fingerprint density at radius 3 is 2.12 bits per heavy atom. The van der Waals surface area contributed by atoms with E-state index in [1.54, 1.807) is 6.92 Å². The summed E-state index contributed by atoms with van der Waals surface area (Å²) >= 11 is 0. The van der Waals surface area contributed by atoms with Crippen molar-refractivity contribution in [2.45, 2.75) is 13.8 Å². The van der Waals surface area contributed by atoms with Crippen molar-refractivity contribution in [3.8, 4) is 5.75 Å². The van der Waals surface area contributed by atoms with E-state index in [4.69, 9.17) is 10.5 Å². The molecule has 0 fully saturated rings. The normalized spacial score (nSPS) is 9.92. The average molecular weight is 353 g/mol. The molecule has 0 aliphatic carbocycles. The van der Waals surface area contributed by atoms with Gasteiger partial charge < -0.3 is 30.2 Å². The van der Waals surface area contributed by atoms with Crippen LogP contribution in [0.1, 0.15) is 13.8 Å². The van der Waals surface area contributed by atoms with Crippen LogP contribution in [0.4, 0.5) is 17.1 Å². The monoisotopic (exact) mass is 353 g/mol. The van der Waals surface area contributed by atoms with Crippen molar-refractivity contribution in [2.75, 3.05) is 49.9 Å². The van der Waals surface area contributed by atoms with Crippen molar-refractivity contribution in [2.24, 2.45) is 0 Å². The highest BCUT2D eigenvalue weighted by Gasteiger charge is 2.21. The number of nitrogens with one attached hydrogen (secondary N) is 1. The molecule has 0 saturated heterocycles. The Kier molecular flexibility index (Phi) is 7.51. The van der Waals surface area contributed by atoms with Crippen LogP contribution < -0.4 is 20.7 Å². The molecule has 1 aromatic rings. The quantitative estimate of drug-likeness (QED) is 0.519. The van der Waals surface area contributed by atoms with E-state index in [0.717, 1.165) is 0 Å². The van der Waals surface area contributed by atoms with Gasteiger partial charge in [0.05, 0.1) is 37.9 Å². The molecule has 0 radical (unpaired) electrons. The van der Waals surface area contributed by atoms with Crippen LogP contribution in [0, 0.1) is 0 Å². The number of methoxy groups -OCH3 is 2. The zero-order chi connectivity index (χ0) is 19.0. The summed E-state index contributed by atoms with van der Waals surface area (Å²) in [5.41, 5.74) is 6.95. The maximum absolute atomic E-state index is 11.7. The van der Waals surface area contributed by atoms with Crippen LogP contribution in [-0.4, -0.2) is 51.8 Å². The maximum Gasteiger partial charge on any atom is 0.325 e. The molecule has 0 heterocycles. The van der Waals surface area contributed by atoms with Gasteiger partial charge in [0.15, 0.2) is 0 Å². The molecule has 0 bridgehead atoms. The number of nitrogens with zero attached hydrogens (tertiary/aromatic N) is 1. The first-order valence-electron chi connectivity index (χ1n) is 7.54. The third kappa shape index (κ3) is 5.87. The van der Waals surface area contributed by atoms with Gasteiger partial charge in [-0.25, -0.2) is 0 Å². The van der Waals surface area contributed by atoms with E-state index in [9.17, 15) is 14.4 Å². The van der Waals surface area contributed by atoms with Crippen LogP contribution >= 0.6 is 0 Å². The van der Waals surface area contributed by atoms with Gasteiger partial charge in [-0.15, -0.1) is 0 Å². The zero-order valence-electron chi connectivity index (χ0n) is 14.8. The van der Waals surface area contributed by atoms with Crippen molar-refractivity contribution in [3.05, 3.63) is 12.1 Å². The predicted octanol–water partition coefficient (Wildman–Crippen LogP) is 0.778. The summed E-state index contributed by atoms with van der Waals surface area (Å²) in [6.45, 7) is 3.04. The molecule has 0 saturated carbocycles. The molecule has 0 aliphatic heterocycles. The van der Waals surface area contributed by atoms with Crippen molar-refractivity contribution in [3.63, 3.8) is 0 Å². The minimum atomic E-state index is -0.552. The Morgan fingerprint density at radius 2 is 1.68 bits per heavy atom. The zero-order valence-corrected chi connectivity index (χ0v) is 14.8. The Labute approximate surface area is 146 Å². The number of carbonyl (C=O) groups is 3. The largest absolute Gasteiger partial charge is 0.492 e. The Bertz CT molecular complexity index is 629. The number of rotatable bonds is 8. The molecule has 9 nitrogen and oxygen atoms in total. The molecule has 1 amide bonds. The SMILES string of the molecule is CCOc1cc(N)c(NC(C)=O)cc1N(CC(=O)OC)CC(=O)OC. The molecule has 0 aliphatic rings. The second-order valence-corrected chi connectivity index (χ2v) is 5.03. The molecule has 3 N–H and O–H groups in total. The highest BCUT2D eigenvalue weighted by molar-refractivity contribution is 5.94. The number of amides is 1. The van der Waals surface area contributed by atoms with Gasteiger partial charge in [0.25, 0.3) is 0 Å². The van der Waals surface area contributed by atoms with Gasteiger partial charge in [-0.2, -0.15) is 0 Å². The Morgan fingerprint density at radius 1 is 1.12 bits per heavy atom. The summed E-state index contributed by atoms with van der Waals surface area (Å²) in [7, 11) is 2.49. The molecule has 9 heteroatoms. The molecular formula is C16H23N3O6. The van der Waals surface area contributed by atoms with E-state index >= 15 is 0 Å². The second kappa shape index (κ2) is 9.36. The molecule has 138 valence electrons. The number of anilines is 3. The smallest absolute Gasteiger partial charge is 0.325 e. The lowest BCUT2D eigenvalue weighted by Crippen LogP contribution is -2.36. The number of nitrogens with two attached hydrogens (primary N) is 1. The third-order valence-electron chi connectivity index (χ3n) is 3.18. The number of benzene rings is 1. The van der Waals surface area contributed by atoms with Crippen molar-refractivity contribution in [1.82, 2.24) is 0 Å². The summed E-state index contributed by atoms with van der Waals surface area (Å²) in [4.78, 5) is 36.2. The average Bonchev–Trinajstić information content (AvgIpc) is 2.56. The van der Waals surface area contributed by atoms with E-state index in [2.05, 4.69) is 14.8 Å². The summed E-state index contributed by atoms with van der Waals surface area (Å²) < 4.78 is 14.9. The van der Waals surface area contributed by atoms with Gasteiger partial charge in [-0.1, -0.05) is 0 Å². The Hall–Kier alpha value is -2.97. The minimum absolute atomic E-state index is 0.213. The molecular weight excluding hydrogens is 330 g/mol. The molecule has 0 aromatic heterocycles. The fraction of sp³-hybridized carbons (Fsp3) is 0.438. The fourth-order valence-corrected chi connectivity index (χ4v) is 2.07. The lowest BCUT2D eigenvalue weighted by atomic mass is 10.2. The van der Waals surface area contributed by atoms with Gasteiger partial charge in [-0.05, 0) is 13.0 Å². The maximum atomic E-state index is 11.7. The number of nitrogen functional groups attached to an aromatic ring is 1. The van der Waals surface area contributed by atoms with E-state index in [1.165, 1.54) is 38.2 Å².